The number of para-hydroxylation sites is 1. The largest absolute Gasteiger partial charge is 0.383 e. The van der Waals surface area contributed by atoms with Gasteiger partial charge in [0.2, 0.25) is 0 Å². The molecule has 4 rings (SSSR count). The second-order valence-corrected chi connectivity index (χ2v) is 7.17. The summed E-state index contributed by atoms with van der Waals surface area (Å²) < 4.78 is 0. The van der Waals surface area contributed by atoms with Crippen LogP contribution in [0, 0.1) is 0 Å². The number of fused-ring (bicyclic) bond motifs is 1. The predicted octanol–water partition coefficient (Wildman–Crippen LogP) is 2.14. The molecule has 0 aliphatic carbocycles. The fraction of sp³-hybridized carbons (Fsp3) is 0.350. The molecular weight excluding hydrogens is 310 g/mol. The van der Waals surface area contributed by atoms with Gasteiger partial charge in [0.1, 0.15) is 5.84 Å². The van der Waals surface area contributed by atoms with Crippen LogP contribution < -0.4 is 22.1 Å². The second kappa shape index (κ2) is 6.17. The van der Waals surface area contributed by atoms with Crippen LogP contribution in [0.2, 0.25) is 0 Å². The van der Waals surface area contributed by atoms with E-state index in [1.807, 2.05) is 24.3 Å². The number of anilines is 1. The molecule has 0 bridgehead atoms. The average molecular weight is 335 g/mol. The summed E-state index contributed by atoms with van der Waals surface area (Å²) in [7, 11) is 0. The first-order valence-electron chi connectivity index (χ1n) is 8.88. The summed E-state index contributed by atoms with van der Waals surface area (Å²) in [5, 5.41) is 6.90. The van der Waals surface area contributed by atoms with E-state index in [-0.39, 0.29) is 5.41 Å². The van der Waals surface area contributed by atoms with E-state index in [0.29, 0.717) is 12.3 Å². The highest BCUT2D eigenvalue weighted by molar-refractivity contribution is 6.04. The van der Waals surface area contributed by atoms with Gasteiger partial charge in [-0.3, -0.25) is 5.73 Å². The molecule has 1 atom stereocenters. The topological polar surface area (TPSA) is 88.5 Å². The van der Waals surface area contributed by atoms with E-state index in [4.69, 9.17) is 11.5 Å². The van der Waals surface area contributed by atoms with E-state index >= 15 is 0 Å². The minimum Gasteiger partial charge on any atom is -0.383 e. The van der Waals surface area contributed by atoms with Crippen LogP contribution in [0.25, 0.3) is 0 Å². The molecule has 5 nitrogen and oxygen atoms in total. The number of hydrogen-bond acceptors (Lipinski definition) is 5. The first-order chi connectivity index (χ1) is 12.1. The number of nitrogens with zero attached hydrogens (tertiary/aromatic N) is 1. The molecule has 0 aromatic heterocycles. The van der Waals surface area contributed by atoms with Crippen molar-refractivity contribution >= 4 is 11.5 Å². The third-order valence-corrected chi connectivity index (χ3v) is 5.43. The maximum absolute atomic E-state index is 6.72. The molecule has 2 heterocycles. The molecule has 1 saturated heterocycles. The van der Waals surface area contributed by atoms with Crippen molar-refractivity contribution in [2.24, 2.45) is 16.5 Å². The molecule has 130 valence electrons. The lowest BCUT2D eigenvalue weighted by molar-refractivity contribution is 0.236. The number of benzene rings is 2. The van der Waals surface area contributed by atoms with Gasteiger partial charge >= 0.3 is 0 Å². The predicted molar refractivity (Wildman–Crippen MR) is 103 cm³/mol. The number of rotatable bonds is 3. The Balaban J connectivity index is 1.70. The van der Waals surface area contributed by atoms with Crippen molar-refractivity contribution in [2.45, 2.75) is 30.5 Å². The zero-order valence-corrected chi connectivity index (χ0v) is 14.3. The molecule has 25 heavy (non-hydrogen) atoms. The molecule has 6 N–H and O–H groups in total. The van der Waals surface area contributed by atoms with E-state index in [1.54, 1.807) is 0 Å². The molecular formula is C20H25N5. The molecule has 0 spiro atoms. The molecule has 2 aromatic rings. The van der Waals surface area contributed by atoms with E-state index in [1.165, 1.54) is 5.56 Å². The number of nitrogens with two attached hydrogens (primary N) is 2. The summed E-state index contributed by atoms with van der Waals surface area (Å²) >= 11 is 0. The van der Waals surface area contributed by atoms with E-state index in [2.05, 4.69) is 46.0 Å². The van der Waals surface area contributed by atoms with E-state index < -0.39 is 5.79 Å². The average Bonchev–Trinajstić information content (AvgIpc) is 2.63. The van der Waals surface area contributed by atoms with Crippen LogP contribution in [-0.2, 0) is 5.41 Å². The van der Waals surface area contributed by atoms with Gasteiger partial charge in [-0.15, -0.1) is 0 Å². The Morgan fingerprint density at radius 3 is 2.40 bits per heavy atom. The van der Waals surface area contributed by atoms with Crippen LogP contribution in [0.5, 0.6) is 0 Å². The molecule has 0 saturated carbocycles. The Hall–Kier alpha value is -2.37. The highest BCUT2D eigenvalue weighted by Gasteiger charge is 2.43. The van der Waals surface area contributed by atoms with Crippen molar-refractivity contribution < 1.29 is 0 Å². The maximum Gasteiger partial charge on any atom is 0.185 e. The third-order valence-electron chi connectivity index (χ3n) is 5.43. The minimum absolute atomic E-state index is 0.00960. The van der Waals surface area contributed by atoms with Crippen molar-refractivity contribution in [3.63, 3.8) is 0 Å². The zero-order chi connectivity index (χ0) is 17.3. The Labute approximate surface area is 148 Å². The van der Waals surface area contributed by atoms with Gasteiger partial charge in [-0.1, -0.05) is 42.5 Å². The Morgan fingerprint density at radius 2 is 1.64 bits per heavy atom. The van der Waals surface area contributed by atoms with Crippen LogP contribution in [-0.4, -0.2) is 24.7 Å². The smallest absolute Gasteiger partial charge is 0.185 e. The SMILES string of the molecule is NC1=NC(N)(CC2(c3ccccc3)CCNCC2)Nc2ccccc21. The number of nitrogens with one attached hydrogen (secondary N) is 2. The van der Waals surface area contributed by atoms with Crippen molar-refractivity contribution in [2.75, 3.05) is 18.4 Å². The molecule has 2 aliphatic rings. The summed E-state index contributed by atoms with van der Waals surface area (Å²) in [4.78, 5) is 4.66. The first kappa shape index (κ1) is 16.1. The molecule has 1 fully saturated rings. The standard InChI is InChI=1S/C20H25N5/c21-18-16-8-4-5-9-17(16)24-20(22,25-18)14-19(10-12-23-13-11-19)15-6-2-1-3-7-15/h1-9,23-24H,10-14,22H2,(H2,21,25). The van der Waals surface area contributed by atoms with Crippen LogP contribution >= 0.6 is 0 Å². The van der Waals surface area contributed by atoms with Gasteiger partial charge in [0.15, 0.2) is 5.79 Å². The van der Waals surface area contributed by atoms with Crippen LogP contribution in [0.4, 0.5) is 5.69 Å². The second-order valence-electron chi connectivity index (χ2n) is 7.17. The third kappa shape index (κ3) is 3.01. The first-order valence-corrected chi connectivity index (χ1v) is 8.88. The molecule has 2 aliphatic heterocycles. The normalized spacial score (nSPS) is 24.8. The highest BCUT2D eigenvalue weighted by atomic mass is 15.3. The van der Waals surface area contributed by atoms with Crippen LogP contribution in [0.1, 0.15) is 30.4 Å². The lowest BCUT2D eigenvalue weighted by Crippen LogP contribution is -2.56. The number of amidine groups is 1. The van der Waals surface area contributed by atoms with E-state index in [0.717, 1.165) is 37.2 Å². The lowest BCUT2D eigenvalue weighted by Gasteiger charge is -2.44. The van der Waals surface area contributed by atoms with E-state index in [9.17, 15) is 0 Å². The summed E-state index contributed by atoms with van der Waals surface area (Å²) in [6.07, 6.45) is 2.78. The quantitative estimate of drug-likeness (QED) is 0.692. The van der Waals surface area contributed by atoms with Gasteiger partial charge in [-0.25, -0.2) is 4.99 Å². The number of aliphatic imine (C=N–C) groups is 1. The van der Waals surface area contributed by atoms with Crippen molar-refractivity contribution in [1.82, 2.24) is 5.32 Å². The van der Waals surface area contributed by atoms with Gasteiger partial charge < -0.3 is 16.4 Å². The summed E-state index contributed by atoms with van der Waals surface area (Å²) in [5.74, 6) is -0.389. The van der Waals surface area contributed by atoms with Gasteiger partial charge in [-0.05, 0) is 43.6 Å². The van der Waals surface area contributed by atoms with Gasteiger partial charge in [0, 0.05) is 23.1 Å². The highest BCUT2D eigenvalue weighted by Crippen LogP contribution is 2.41. The lowest BCUT2D eigenvalue weighted by atomic mass is 9.69. The molecule has 2 aromatic carbocycles. The Morgan fingerprint density at radius 1 is 0.960 bits per heavy atom. The van der Waals surface area contributed by atoms with Crippen molar-refractivity contribution in [3.05, 3.63) is 65.7 Å². The summed E-state index contributed by atoms with van der Waals surface area (Å²) in [6.45, 7) is 1.97. The number of hydrogen-bond donors (Lipinski definition) is 4. The summed E-state index contributed by atoms with van der Waals surface area (Å²) in [6, 6.07) is 18.6. The molecule has 5 heteroatoms. The fourth-order valence-electron chi connectivity index (χ4n) is 4.22. The Bertz CT molecular complexity index is 780. The van der Waals surface area contributed by atoms with Gasteiger partial charge in [0.05, 0.1) is 0 Å². The zero-order valence-electron chi connectivity index (χ0n) is 14.3. The fourth-order valence-corrected chi connectivity index (χ4v) is 4.22. The van der Waals surface area contributed by atoms with Crippen molar-refractivity contribution in [3.8, 4) is 0 Å². The van der Waals surface area contributed by atoms with Crippen molar-refractivity contribution in [1.29, 1.82) is 0 Å². The monoisotopic (exact) mass is 335 g/mol. The molecule has 0 radical (unpaired) electrons. The van der Waals surface area contributed by atoms with Gasteiger partial charge in [0.25, 0.3) is 0 Å². The van der Waals surface area contributed by atoms with Gasteiger partial charge in [-0.2, -0.15) is 0 Å². The molecule has 0 amide bonds. The maximum atomic E-state index is 6.72. The molecule has 1 unspecified atom stereocenters. The number of piperidine rings is 1. The summed E-state index contributed by atoms with van der Waals surface area (Å²) in [5.41, 5.74) is 16.1. The minimum atomic E-state index is -0.897. The van der Waals surface area contributed by atoms with Crippen LogP contribution in [0.3, 0.4) is 0 Å². The Kier molecular flexibility index (Phi) is 3.98. The van der Waals surface area contributed by atoms with Crippen LogP contribution in [0.15, 0.2) is 59.6 Å².